The van der Waals surface area contributed by atoms with Crippen molar-refractivity contribution in [2.75, 3.05) is 18.0 Å². The lowest BCUT2D eigenvalue weighted by Crippen LogP contribution is -2.43. The summed E-state index contributed by atoms with van der Waals surface area (Å²) in [5, 5.41) is 11.7. The van der Waals surface area contributed by atoms with E-state index in [9.17, 15) is 9.59 Å². The number of pyridine rings is 1. The van der Waals surface area contributed by atoms with Crippen LogP contribution < -0.4 is 10.2 Å². The average Bonchev–Trinajstić information content (AvgIpc) is 3.15. The molecule has 144 valence electrons. The molecule has 28 heavy (non-hydrogen) atoms. The van der Waals surface area contributed by atoms with Gasteiger partial charge in [-0.2, -0.15) is 0 Å². The molecule has 0 aliphatic carbocycles. The Kier molecular flexibility index (Phi) is 4.55. The van der Waals surface area contributed by atoms with Crippen LogP contribution in [0.5, 0.6) is 0 Å². The molecule has 8 heteroatoms. The van der Waals surface area contributed by atoms with Crippen LogP contribution in [0.3, 0.4) is 0 Å². The quantitative estimate of drug-likeness (QED) is 0.716. The zero-order chi connectivity index (χ0) is 19.9. The van der Waals surface area contributed by atoms with Gasteiger partial charge in [-0.15, -0.1) is 10.2 Å². The number of aromatic nitrogens is 3. The van der Waals surface area contributed by atoms with Crippen LogP contribution in [0.2, 0.25) is 5.02 Å². The van der Waals surface area contributed by atoms with Gasteiger partial charge in [0.05, 0.1) is 5.41 Å². The predicted molar refractivity (Wildman–Crippen MR) is 107 cm³/mol. The number of anilines is 1. The SMILES string of the molecule is CC1(C)C(=O)N(CC(=O)NCCc2nnc3ccccn23)c2ccc(Cl)cc21. The minimum Gasteiger partial charge on any atom is -0.354 e. The number of rotatable bonds is 5. The number of benzene rings is 1. The third kappa shape index (κ3) is 3.11. The van der Waals surface area contributed by atoms with E-state index < -0.39 is 5.41 Å². The van der Waals surface area contributed by atoms with Crippen LogP contribution in [-0.4, -0.2) is 39.5 Å². The van der Waals surface area contributed by atoms with Gasteiger partial charge >= 0.3 is 0 Å². The van der Waals surface area contributed by atoms with Gasteiger partial charge in [0.15, 0.2) is 5.65 Å². The maximum atomic E-state index is 12.8. The molecule has 4 rings (SSSR count). The number of nitrogens with one attached hydrogen (secondary N) is 1. The molecule has 0 saturated carbocycles. The Morgan fingerprint density at radius 1 is 1.21 bits per heavy atom. The first-order valence-electron chi connectivity index (χ1n) is 9.05. The van der Waals surface area contributed by atoms with Gasteiger partial charge in [-0.05, 0) is 49.7 Å². The number of fused-ring (bicyclic) bond motifs is 2. The van der Waals surface area contributed by atoms with Gasteiger partial charge in [-0.1, -0.05) is 17.7 Å². The standard InChI is InChI=1S/C20H20ClN5O2/c1-20(2)14-11-13(21)6-7-15(14)26(19(20)28)12-18(27)22-9-8-17-24-23-16-5-3-4-10-25(16)17/h3-7,10-11H,8-9,12H2,1-2H3,(H,22,27). The van der Waals surface area contributed by atoms with Crippen LogP contribution >= 0.6 is 11.6 Å². The van der Waals surface area contributed by atoms with Gasteiger partial charge in [0.2, 0.25) is 11.8 Å². The van der Waals surface area contributed by atoms with Gasteiger partial charge in [0, 0.05) is 29.9 Å². The molecular weight excluding hydrogens is 378 g/mol. The summed E-state index contributed by atoms with van der Waals surface area (Å²) in [6.07, 6.45) is 2.43. The molecule has 0 fully saturated rings. The maximum absolute atomic E-state index is 12.8. The first-order valence-corrected chi connectivity index (χ1v) is 9.43. The van der Waals surface area contributed by atoms with Crippen LogP contribution in [0.15, 0.2) is 42.6 Å². The fourth-order valence-corrected chi connectivity index (χ4v) is 3.71. The largest absolute Gasteiger partial charge is 0.354 e. The molecule has 2 amide bonds. The van der Waals surface area contributed by atoms with E-state index in [2.05, 4.69) is 15.5 Å². The summed E-state index contributed by atoms with van der Waals surface area (Å²) < 4.78 is 1.89. The van der Waals surface area contributed by atoms with E-state index in [1.54, 1.807) is 18.2 Å². The summed E-state index contributed by atoms with van der Waals surface area (Å²) in [6, 6.07) is 11.0. The van der Waals surface area contributed by atoms with E-state index in [1.165, 1.54) is 4.90 Å². The second-order valence-electron chi connectivity index (χ2n) is 7.32. The molecule has 3 heterocycles. The van der Waals surface area contributed by atoms with Crippen molar-refractivity contribution in [3.05, 3.63) is 59.0 Å². The van der Waals surface area contributed by atoms with Crippen LogP contribution in [-0.2, 0) is 21.4 Å². The summed E-state index contributed by atoms with van der Waals surface area (Å²) in [5.74, 6) is 0.443. The molecule has 1 N–H and O–H groups in total. The molecule has 0 radical (unpaired) electrons. The first-order chi connectivity index (χ1) is 13.4. The van der Waals surface area contributed by atoms with Crippen molar-refractivity contribution in [1.29, 1.82) is 0 Å². The van der Waals surface area contributed by atoms with Gasteiger partial charge in [-0.25, -0.2) is 0 Å². The molecule has 0 bridgehead atoms. The van der Waals surface area contributed by atoms with Crippen molar-refractivity contribution in [1.82, 2.24) is 19.9 Å². The van der Waals surface area contributed by atoms with Crippen molar-refractivity contribution >= 4 is 34.7 Å². The Hall–Kier alpha value is -2.93. The number of carbonyl (C=O) groups excluding carboxylic acids is 2. The van der Waals surface area contributed by atoms with Gasteiger partial charge in [-0.3, -0.25) is 14.0 Å². The Bertz CT molecular complexity index is 1080. The second-order valence-corrected chi connectivity index (χ2v) is 7.76. The lowest BCUT2D eigenvalue weighted by Gasteiger charge is -2.20. The Labute approximate surface area is 167 Å². The zero-order valence-corrected chi connectivity index (χ0v) is 16.4. The highest BCUT2D eigenvalue weighted by Crippen LogP contribution is 2.42. The zero-order valence-electron chi connectivity index (χ0n) is 15.6. The van der Waals surface area contributed by atoms with E-state index in [-0.39, 0.29) is 18.4 Å². The number of hydrogen-bond donors (Lipinski definition) is 1. The highest BCUT2D eigenvalue weighted by atomic mass is 35.5. The maximum Gasteiger partial charge on any atom is 0.240 e. The number of halogens is 1. The predicted octanol–water partition coefficient (Wildman–Crippen LogP) is 2.37. The smallest absolute Gasteiger partial charge is 0.240 e. The molecule has 0 atom stereocenters. The minimum absolute atomic E-state index is 0.0303. The van der Waals surface area contributed by atoms with Gasteiger partial charge in [0.1, 0.15) is 12.4 Å². The van der Waals surface area contributed by atoms with E-state index >= 15 is 0 Å². The highest BCUT2D eigenvalue weighted by Gasteiger charge is 2.44. The second kappa shape index (κ2) is 6.91. The summed E-state index contributed by atoms with van der Waals surface area (Å²) in [5.41, 5.74) is 1.63. The van der Waals surface area contributed by atoms with Crippen LogP contribution in [0.4, 0.5) is 5.69 Å². The van der Waals surface area contributed by atoms with Gasteiger partial charge < -0.3 is 10.2 Å². The lowest BCUT2D eigenvalue weighted by atomic mass is 9.86. The summed E-state index contributed by atoms with van der Waals surface area (Å²) in [7, 11) is 0. The molecule has 0 unspecified atom stereocenters. The third-order valence-corrected chi connectivity index (χ3v) is 5.29. The monoisotopic (exact) mass is 397 g/mol. The van der Waals surface area contributed by atoms with Crippen molar-refractivity contribution in [2.24, 2.45) is 0 Å². The van der Waals surface area contributed by atoms with E-state index in [0.717, 1.165) is 22.7 Å². The van der Waals surface area contributed by atoms with E-state index in [4.69, 9.17) is 11.6 Å². The van der Waals surface area contributed by atoms with E-state index in [1.807, 2.05) is 42.6 Å². The molecule has 2 aromatic heterocycles. The molecule has 0 saturated heterocycles. The van der Waals surface area contributed by atoms with Crippen molar-refractivity contribution in [3.63, 3.8) is 0 Å². The van der Waals surface area contributed by atoms with Crippen LogP contribution in [0.1, 0.15) is 25.2 Å². The molecular formula is C20H20ClN5O2. The first kappa shape index (κ1) is 18.4. The minimum atomic E-state index is -0.707. The lowest BCUT2D eigenvalue weighted by molar-refractivity contribution is -0.125. The molecule has 1 aromatic carbocycles. The van der Waals surface area contributed by atoms with Crippen molar-refractivity contribution < 1.29 is 9.59 Å². The van der Waals surface area contributed by atoms with Crippen molar-refractivity contribution in [3.8, 4) is 0 Å². The van der Waals surface area contributed by atoms with E-state index in [0.29, 0.717) is 18.0 Å². The number of amides is 2. The Morgan fingerprint density at radius 3 is 2.86 bits per heavy atom. The Balaban J connectivity index is 1.41. The van der Waals surface area contributed by atoms with Crippen LogP contribution in [0, 0.1) is 0 Å². The molecule has 3 aromatic rings. The number of hydrogen-bond acceptors (Lipinski definition) is 4. The normalized spacial score (nSPS) is 15.1. The van der Waals surface area contributed by atoms with Crippen molar-refractivity contribution in [2.45, 2.75) is 25.7 Å². The average molecular weight is 398 g/mol. The highest BCUT2D eigenvalue weighted by molar-refractivity contribution is 6.31. The number of nitrogens with zero attached hydrogens (tertiary/aromatic N) is 4. The Morgan fingerprint density at radius 2 is 2.04 bits per heavy atom. The molecule has 1 aliphatic rings. The topological polar surface area (TPSA) is 79.6 Å². The molecule has 7 nitrogen and oxygen atoms in total. The number of carbonyl (C=O) groups is 2. The summed E-state index contributed by atoms with van der Waals surface area (Å²) in [4.78, 5) is 26.8. The summed E-state index contributed by atoms with van der Waals surface area (Å²) in [6.45, 7) is 4.07. The molecule has 1 aliphatic heterocycles. The van der Waals surface area contributed by atoms with Crippen LogP contribution in [0.25, 0.3) is 5.65 Å². The fourth-order valence-electron chi connectivity index (χ4n) is 3.54. The third-order valence-electron chi connectivity index (χ3n) is 5.06. The molecule has 0 spiro atoms. The summed E-state index contributed by atoms with van der Waals surface area (Å²) >= 11 is 6.09. The van der Waals surface area contributed by atoms with Gasteiger partial charge in [0.25, 0.3) is 0 Å². The fraction of sp³-hybridized carbons (Fsp3) is 0.300.